The molecule has 8 heteroatoms. The Bertz CT molecular complexity index is 1100. The first-order valence-electron chi connectivity index (χ1n) is 10.8. The smallest absolute Gasteiger partial charge is 0.247 e. The van der Waals surface area contributed by atoms with Crippen LogP contribution in [0.1, 0.15) is 49.1 Å². The fourth-order valence-electron chi connectivity index (χ4n) is 4.05. The van der Waals surface area contributed by atoms with Crippen LogP contribution in [0.25, 0.3) is 22.8 Å². The Balaban J connectivity index is 1.29. The molecule has 2 aromatic carbocycles. The number of rotatable bonds is 5. The molecule has 0 spiro atoms. The van der Waals surface area contributed by atoms with Gasteiger partial charge in [0.15, 0.2) is 0 Å². The van der Waals surface area contributed by atoms with E-state index in [-0.39, 0.29) is 17.8 Å². The van der Waals surface area contributed by atoms with Crippen LogP contribution in [0.4, 0.5) is 4.39 Å². The summed E-state index contributed by atoms with van der Waals surface area (Å²) < 4.78 is 24.7. The number of hydrogen-bond donors (Lipinski definition) is 0. The molecule has 0 saturated carbocycles. The summed E-state index contributed by atoms with van der Waals surface area (Å²) >= 11 is 0. The average molecular weight is 433 g/mol. The zero-order chi connectivity index (χ0) is 22.1. The Morgan fingerprint density at radius 3 is 2.56 bits per heavy atom. The van der Waals surface area contributed by atoms with Gasteiger partial charge in [-0.05, 0) is 69.6 Å². The first-order valence-corrected chi connectivity index (χ1v) is 10.8. The number of benzene rings is 2. The molecule has 7 nitrogen and oxygen atoms in total. The van der Waals surface area contributed by atoms with E-state index in [9.17, 15) is 4.39 Å². The third-order valence-electron chi connectivity index (χ3n) is 5.99. The maximum Gasteiger partial charge on any atom is 0.247 e. The van der Waals surface area contributed by atoms with Gasteiger partial charge in [0, 0.05) is 17.7 Å². The van der Waals surface area contributed by atoms with E-state index in [0.29, 0.717) is 23.5 Å². The van der Waals surface area contributed by atoms with Gasteiger partial charge < -0.3 is 8.94 Å². The normalized spacial score (nSPS) is 18.0. The molecule has 2 aromatic heterocycles. The molecule has 0 N–H and O–H groups in total. The van der Waals surface area contributed by atoms with Gasteiger partial charge in [-0.25, -0.2) is 4.39 Å². The van der Waals surface area contributed by atoms with E-state index in [1.807, 2.05) is 31.2 Å². The van der Waals surface area contributed by atoms with Gasteiger partial charge in [-0.3, -0.25) is 4.90 Å². The molecule has 2 atom stereocenters. The minimum absolute atomic E-state index is 0.0241. The van der Waals surface area contributed by atoms with Gasteiger partial charge in [0.05, 0.1) is 12.0 Å². The second-order valence-electron chi connectivity index (χ2n) is 8.28. The highest BCUT2D eigenvalue weighted by molar-refractivity contribution is 5.54. The molecule has 2 unspecified atom stereocenters. The van der Waals surface area contributed by atoms with Crippen molar-refractivity contribution in [2.75, 3.05) is 13.1 Å². The monoisotopic (exact) mass is 433 g/mol. The van der Waals surface area contributed by atoms with E-state index in [0.717, 1.165) is 37.1 Å². The standard InChI is InChI=1S/C24H24FN5O2/c1-15-5-7-18(8-6-15)24-28-27-22(31-24)16(2)30-13-3-4-19(14-30)23-26-21(29-32-23)17-9-11-20(25)12-10-17/h5-12,16,19H,3-4,13-14H2,1-2H3. The summed E-state index contributed by atoms with van der Waals surface area (Å²) in [4.78, 5) is 6.88. The van der Waals surface area contributed by atoms with Crippen molar-refractivity contribution < 1.29 is 13.3 Å². The highest BCUT2D eigenvalue weighted by atomic mass is 19.1. The van der Waals surface area contributed by atoms with E-state index in [4.69, 9.17) is 8.94 Å². The summed E-state index contributed by atoms with van der Waals surface area (Å²) in [6.07, 6.45) is 1.97. The Hall–Kier alpha value is -3.39. The van der Waals surface area contributed by atoms with Gasteiger partial charge in [0.25, 0.3) is 0 Å². The van der Waals surface area contributed by atoms with Crippen LogP contribution in [-0.4, -0.2) is 38.3 Å². The second-order valence-corrected chi connectivity index (χ2v) is 8.28. The topological polar surface area (TPSA) is 81.1 Å². The van der Waals surface area contributed by atoms with Crippen LogP contribution >= 0.6 is 0 Å². The van der Waals surface area contributed by atoms with E-state index in [1.165, 1.54) is 17.7 Å². The molecule has 1 fully saturated rings. The van der Waals surface area contributed by atoms with Crippen molar-refractivity contribution in [2.24, 2.45) is 0 Å². The van der Waals surface area contributed by atoms with Gasteiger partial charge in [0.2, 0.25) is 23.5 Å². The SMILES string of the molecule is Cc1ccc(-c2nnc(C(C)N3CCCC(c4nc(-c5ccc(F)cc5)no4)C3)o2)cc1. The van der Waals surface area contributed by atoms with Gasteiger partial charge in [-0.15, -0.1) is 10.2 Å². The molecule has 3 heterocycles. The van der Waals surface area contributed by atoms with Crippen LogP contribution in [0.2, 0.25) is 0 Å². The van der Waals surface area contributed by atoms with E-state index < -0.39 is 0 Å². The molecule has 32 heavy (non-hydrogen) atoms. The summed E-state index contributed by atoms with van der Waals surface area (Å²) in [6, 6.07) is 14.1. The van der Waals surface area contributed by atoms with Crippen LogP contribution in [0.5, 0.6) is 0 Å². The van der Waals surface area contributed by atoms with Gasteiger partial charge in [-0.1, -0.05) is 22.9 Å². The fraction of sp³-hybridized carbons (Fsp3) is 0.333. The Labute approximate surface area is 185 Å². The third-order valence-corrected chi connectivity index (χ3v) is 5.99. The molecule has 0 amide bonds. The Morgan fingerprint density at radius 1 is 1.03 bits per heavy atom. The molecule has 0 radical (unpaired) electrons. The summed E-state index contributed by atoms with van der Waals surface area (Å²) in [5, 5.41) is 12.6. The number of aryl methyl sites for hydroxylation is 1. The first-order chi connectivity index (χ1) is 15.6. The van der Waals surface area contributed by atoms with E-state index >= 15 is 0 Å². The highest BCUT2D eigenvalue weighted by Gasteiger charge is 2.31. The quantitative estimate of drug-likeness (QED) is 0.429. The molecule has 0 bridgehead atoms. The lowest BCUT2D eigenvalue weighted by molar-refractivity contribution is 0.128. The maximum absolute atomic E-state index is 13.2. The predicted molar refractivity (Wildman–Crippen MR) is 116 cm³/mol. The summed E-state index contributed by atoms with van der Waals surface area (Å²) in [7, 11) is 0. The largest absolute Gasteiger partial charge is 0.419 e. The summed E-state index contributed by atoms with van der Waals surface area (Å²) in [6.45, 7) is 5.81. The lowest BCUT2D eigenvalue weighted by Gasteiger charge is -2.33. The molecule has 5 rings (SSSR count). The zero-order valence-corrected chi connectivity index (χ0v) is 18.0. The molecule has 1 aliphatic heterocycles. The molecular formula is C24H24FN5O2. The van der Waals surface area contributed by atoms with Crippen LogP contribution in [0.15, 0.2) is 57.5 Å². The predicted octanol–water partition coefficient (Wildman–Crippen LogP) is 5.17. The average Bonchev–Trinajstić information content (AvgIpc) is 3.50. The zero-order valence-electron chi connectivity index (χ0n) is 18.0. The van der Waals surface area contributed by atoms with Gasteiger partial charge in [0.1, 0.15) is 5.82 Å². The van der Waals surface area contributed by atoms with Crippen LogP contribution in [0, 0.1) is 12.7 Å². The van der Waals surface area contributed by atoms with Crippen molar-refractivity contribution in [3.63, 3.8) is 0 Å². The molecule has 1 saturated heterocycles. The Kier molecular flexibility index (Phi) is 5.53. The van der Waals surface area contributed by atoms with Gasteiger partial charge in [-0.2, -0.15) is 4.98 Å². The molecule has 0 aliphatic carbocycles. The fourth-order valence-corrected chi connectivity index (χ4v) is 4.05. The number of nitrogens with zero attached hydrogens (tertiary/aromatic N) is 5. The Morgan fingerprint density at radius 2 is 1.78 bits per heavy atom. The molecule has 164 valence electrons. The number of likely N-dealkylation sites (tertiary alicyclic amines) is 1. The molecule has 4 aromatic rings. The highest BCUT2D eigenvalue weighted by Crippen LogP contribution is 2.32. The minimum atomic E-state index is -0.291. The lowest BCUT2D eigenvalue weighted by Crippen LogP contribution is -2.36. The summed E-state index contributed by atoms with van der Waals surface area (Å²) in [5.74, 6) is 2.03. The molecule has 1 aliphatic rings. The third kappa shape index (κ3) is 4.18. The molecular weight excluding hydrogens is 409 g/mol. The van der Waals surface area contributed by atoms with Crippen molar-refractivity contribution >= 4 is 0 Å². The van der Waals surface area contributed by atoms with E-state index in [1.54, 1.807) is 12.1 Å². The van der Waals surface area contributed by atoms with Crippen molar-refractivity contribution in [2.45, 2.75) is 38.6 Å². The number of hydrogen-bond acceptors (Lipinski definition) is 7. The van der Waals surface area contributed by atoms with Crippen molar-refractivity contribution in [3.05, 3.63) is 71.7 Å². The maximum atomic E-state index is 13.2. The van der Waals surface area contributed by atoms with Crippen LogP contribution in [-0.2, 0) is 0 Å². The number of aromatic nitrogens is 4. The van der Waals surface area contributed by atoms with E-state index in [2.05, 4.69) is 32.2 Å². The van der Waals surface area contributed by atoms with Gasteiger partial charge >= 0.3 is 0 Å². The minimum Gasteiger partial charge on any atom is -0.419 e. The first kappa shape index (κ1) is 20.5. The lowest BCUT2D eigenvalue weighted by atomic mass is 9.96. The summed E-state index contributed by atoms with van der Waals surface area (Å²) in [5.41, 5.74) is 2.83. The van der Waals surface area contributed by atoms with Crippen LogP contribution in [0.3, 0.4) is 0 Å². The second kappa shape index (κ2) is 8.63. The van der Waals surface area contributed by atoms with Crippen molar-refractivity contribution in [1.82, 2.24) is 25.2 Å². The number of halogens is 1. The number of piperidine rings is 1. The van der Waals surface area contributed by atoms with Crippen LogP contribution < -0.4 is 0 Å². The van der Waals surface area contributed by atoms with Crippen molar-refractivity contribution in [3.8, 4) is 22.8 Å². The van der Waals surface area contributed by atoms with Crippen molar-refractivity contribution in [1.29, 1.82) is 0 Å².